The topological polar surface area (TPSA) is 101 Å². The molecule has 2 heterocycles. The SMILES string of the molecule is Cc1c(C(=O)NNC(=O)C2CCN(C(=O)CCOc3ccccc3)CC2)oc2ccccc12. The van der Waals surface area contributed by atoms with Crippen molar-refractivity contribution >= 4 is 28.7 Å². The van der Waals surface area contributed by atoms with Crippen molar-refractivity contribution in [1.82, 2.24) is 15.8 Å². The van der Waals surface area contributed by atoms with Crippen LogP contribution in [-0.4, -0.2) is 42.3 Å². The number of hydrazine groups is 1. The molecule has 0 bridgehead atoms. The van der Waals surface area contributed by atoms with Crippen LogP contribution in [0, 0.1) is 12.8 Å². The molecular weight excluding hydrogens is 422 g/mol. The van der Waals surface area contributed by atoms with Crippen LogP contribution in [0.3, 0.4) is 0 Å². The Kier molecular flexibility index (Phi) is 6.92. The van der Waals surface area contributed by atoms with E-state index in [2.05, 4.69) is 10.9 Å². The van der Waals surface area contributed by atoms with Gasteiger partial charge in [-0.25, -0.2) is 0 Å². The van der Waals surface area contributed by atoms with Crippen molar-refractivity contribution in [3.8, 4) is 5.75 Å². The van der Waals surface area contributed by atoms with Gasteiger partial charge in [-0.1, -0.05) is 36.4 Å². The molecule has 0 spiro atoms. The van der Waals surface area contributed by atoms with Gasteiger partial charge in [0.15, 0.2) is 5.76 Å². The molecule has 3 aromatic rings. The van der Waals surface area contributed by atoms with Crippen molar-refractivity contribution in [2.24, 2.45) is 5.92 Å². The first-order valence-corrected chi connectivity index (χ1v) is 11.1. The number of piperidine rings is 1. The molecule has 0 radical (unpaired) electrons. The maximum atomic E-state index is 12.5. The number of hydrogen-bond acceptors (Lipinski definition) is 5. The van der Waals surface area contributed by atoms with Crippen molar-refractivity contribution in [2.75, 3.05) is 19.7 Å². The molecule has 4 rings (SSSR count). The Hall–Kier alpha value is -3.81. The van der Waals surface area contributed by atoms with Gasteiger partial charge in [-0.2, -0.15) is 0 Å². The average Bonchev–Trinajstić information content (AvgIpc) is 3.19. The summed E-state index contributed by atoms with van der Waals surface area (Å²) in [5.41, 5.74) is 6.29. The number of nitrogens with one attached hydrogen (secondary N) is 2. The van der Waals surface area contributed by atoms with E-state index in [1.165, 1.54) is 0 Å². The van der Waals surface area contributed by atoms with Gasteiger partial charge in [-0.05, 0) is 38.0 Å². The van der Waals surface area contributed by atoms with Crippen molar-refractivity contribution in [2.45, 2.75) is 26.2 Å². The lowest BCUT2D eigenvalue weighted by molar-refractivity contribution is -0.136. The van der Waals surface area contributed by atoms with E-state index in [-0.39, 0.29) is 23.5 Å². The number of rotatable bonds is 6. The van der Waals surface area contributed by atoms with Crippen molar-refractivity contribution in [3.63, 3.8) is 0 Å². The molecule has 2 N–H and O–H groups in total. The smallest absolute Gasteiger partial charge is 0.305 e. The highest BCUT2D eigenvalue weighted by molar-refractivity contribution is 5.99. The Morgan fingerprint density at radius 3 is 2.42 bits per heavy atom. The van der Waals surface area contributed by atoms with Crippen LogP contribution in [0.25, 0.3) is 11.0 Å². The van der Waals surface area contributed by atoms with Crippen LogP contribution in [-0.2, 0) is 9.59 Å². The van der Waals surface area contributed by atoms with Gasteiger partial charge in [-0.15, -0.1) is 0 Å². The number of furan rings is 1. The van der Waals surface area contributed by atoms with Crippen LogP contribution in [0.5, 0.6) is 5.75 Å². The van der Waals surface area contributed by atoms with E-state index in [9.17, 15) is 14.4 Å². The van der Waals surface area contributed by atoms with Gasteiger partial charge in [-0.3, -0.25) is 25.2 Å². The first-order chi connectivity index (χ1) is 16.0. The molecule has 1 aliphatic heterocycles. The zero-order chi connectivity index (χ0) is 23.2. The number of amides is 3. The second-order valence-corrected chi connectivity index (χ2v) is 8.06. The summed E-state index contributed by atoms with van der Waals surface area (Å²) in [5.74, 6) is -0.111. The molecule has 172 valence electrons. The third-order valence-corrected chi connectivity index (χ3v) is 5.90. The molecule has 0 saturated carbocycles. The monoisotopic (exact) mass is 449 g/mol. The number of para-hydroxylation sites is 2. The standard InChI is InChI=1S/C25H27N3O5/c1-17-20-9-5-6-10-21(20)33-23(17)25(31)27-26-24(30)18-11-14-28(15-12-18)22(29)13-16-32-19-7-3-2-4-8-19/h2-10,18H,11-16H2,1H3,(H,26,30)(H,27,31). The lowest BCUT2D eigenvalue weighted by Gasteiger charge is -2.31. The third-order valence-electron chi connectivity index (χ3n) is 5.90. The Labute approximate surface area is 191 Å². The van der Waals surface area contributed by atoms with Crippen LogP contribution in [0.15, 0.2) is 59.0 Å². The van der Waals surface area contributed by atoms with Crippen LogP contribution in [0.1, 0.15) is 35.4 Å². The van der Waals surface area contributed by atoms with Crippen LogP contribution < -0.4 is 15.6 Å². The van der Waals surface area contributed by atoms with Gasteiger partial charge >= 0.3 is 5.91 Å². The zero-order valence-corrected chi connectivity index (χ0v) is 18.5. The lowest BCUT2D eigenvalue weighted by Crippen LogP contribution is -2.48. The van der Waals surface area contributed by atoms with Crippen molar-refractivity contribution < 1.29 is 23.5 Å². The molecule has 1 aliphatic rings. The summed E-state index contributed by atoms with van der Waals surface area (Å²) >= 11 is 0. The predicted molar refractivity (Wildman–Crippen MR) is 122 cm³/mol. The van der Waals surface area contributed by atoms with E-state index in [4.69, 9.17) is 9.15 Å². The minimum atomic E-state index is -0.497. The Bertz CT molecular complexity index is 1130. The second-order valence-electron chi connectivity index (χ2n) is 8.06. The molecule has 1 fully saturated rings. The Balaban J connectivity index is 1.20. The third kappa shape index (κ3) is 5.34. The van der Waals surface area contributed by atoms with E-state index in [1.54, 1.807) is 17.9 Å². The molecule has 3 amide bonds. The van der Waals surface area contributed by atoms with Gasteiger partial charge in [0.1, 0.15) is 11.3 Å². The molecule has 0 atom stereocenters. The van der Waals surface area contributed by atoms with E-state index >= 15 is 0 Å². The van der Waals surface area contributed by atoms with E-state index < -0.39 is 5.91 Å². The number of benzene rings is 2. The van der Waals surface area contributed by atoms with Gasteiger partial charge in [0, 0.05) is 30.0 Å². The number of nitrogens with zero attached hydrogens (tertiary/aromatic N) is 1. The molecule has 8 heteroatoms. The number of ether oxygens (including phenoxy) is 1. The zero-order valence-electron chi connectivity index (χ0n) is 18.5. The van der Waals surface area contributed by atoms with Gasteiger partial charge in [0.05, 0.1) is 13.0 Å². The highest BCUT2D eigenvalue weighted by Crippen LogP contribution is 2.24. The molecular formula is C25H27N3O5. The minimum Gasteiger partial charge on any atom is -0.493 e. The number of likely N-dealkylation sites (tertiary alicyclic amines) is 1. The van der Waals surface area contributed by atoms with E-state index in [0.29, 0.717) is 44.5 Å². The van der Waals surface area contributed by atoms with Crippen molar-refractivity contribution in [1.29, 1.82) is 0 Å². The predicted octanol–water partition coefficient (Wildman–Crippen LogP) is 3.21. The largest absolute Gasteiger partial charge is 0.493 e. The van der Waals surface area contributed by atoms with E-state index in [0.717, 1.165) is 16.7 Å². The van der Waals surface area contributed by atoms with Crippen molar-refractivity contribution in [3.05, 3.63) is 65.9 Å². The van der Waals surface area contributed by atoms with Gasteiger partial charge in [0.2, 0.25) is 11.8 Å². The van der Waals surface area contributed by atoms with E-state index in [1.807, 2.05) is 48.5 Å². The Morgan fingerprint density at radius 1 is 1.00 bits per heavy atom. The summed E-state index contributed by atoms with van der Waals surface area (Å²) in [4.78, 5) is 39.2. The summed E-state index contributed by atoms with van der Waals surface area (Å²) in [7, 11) is 0. The van der Waals surface area contributed by atoms with Crippen LogP contribution in [0.4, 0.5) is 0 Å². The second kappa shape index (κ2) is 10.2. The maximum Gasteiger partial charge on any atom is 0.305 e. The first-order valence-electron chi connectivity index (χ1n) is 11.1. The molecule has 0 unspecified atom stereocenters. The molecule has 2 aromatic carbocycles. The minimum absolute atomic E-state index is 0.0125. The maximum absolute atomic E-state index is 12.5. The molecule has 8 nitrogen and oxygen atoms in total. The summed E-state index contributed by atoms with van der Waals surface area (Å²) in [6, 6.07) is 16.8. The fourth-order valence-corrected chi connectivity index (χ4v) is 3.99. The fourth-order valence-electron chi connectivity index (χ4n) is 3.99. The summed E-state index contributed by atoms with van der Waals surface area (Å²) in [6.07, 6.45) is 1.37. The highest BCUT2D eigenvalue weighted by atomic mass is 16.5. The fraction of sp³-hybridized carbons (Fsp3) is 0.320. The first kappa shape index (κ1) is 22.4. The lowest BCUT2D eigenvalue weighted by atomic mass is 9.96. The molecule has 33 heavy (non-hydrogen) atoms. The quantitative estimate of drug-likeness (QED) is 0.563. The number of hydrogen-bond donors (Lipinski definition) is 2. The average molecular weight is 450 g/mol. The summed E-state index contributed by atoms with van der Waals surface area (Å²) in [5, 5.41) is 0.861. The molecule has 1 saturated heterocycles. The summed E-state index contributed by atoms with van der Waals surface area (Å²) in [6.45, 7) is 3.12. The van der Waals surface area contributed by atoms with Crippen LogP contribution in [0.2, 0.25) is 0 Å². The number of aryl methyl sites for hydroxylation is 1. The van der Waals surface area contributed by atoms with Gasteiger partial charge < -0.3 is 14.1 Å². The number of carbonyl (C=O) groups excluding carboxylic acids is 3. The molecule has 1 aromatic heterocycles. The van der Waals surface area contributed by atoms with Gasteiger partial charge in [0.25, 0.3) is 0 Å². The molecule has 0 aliphatic carbocycles. The highest BCUT2D eigenvalue weighted by Gasteiger charge is 2.28. The number of fused-ring (bicyclic) bond motifs is 1. The Morgan fingerprint density at radius 2 is 1.70 bits per heavy atom. The summed E-state index contributed by atoms with van der Waals surface area (Å²) < 4.78 is 11.2. The normalized spacial score (nSPS) is 14.2. The van der Waals surface area contributed by atoms with Crippen LogP contribution >= 0.6 is 0 Å². The number of carbonyl (C=O) groups is 3.